The van der Waals surface area contributed by atoms with Crippen molar-refractivity contribution in [3.8, 4) is 0 Å². The van der Waals surface area contributed by atoms with Gasteiger partial charge in [-0.3, -0.25) is 9.69 Å². The molecule has 1 N–H and O–H groups in total. The van der Waals surface area contributed by atoms with Gasteiger partial charge >= 0.3 is 0 Å². The zero-order valence-corrected chi connectivity index (χ0v) is 11.5. The lowest BCUT2D eigenvalue weighted by atomic mass is 9.97. The highest BCUT2D eigenvalue weighted by atomic mass is 19.2. The molecule has 1 aromatic carbocycles. The summed E-state index contributed by atoms with van der Waals surface area (Å²) in [5.74, 6) is -2.22. The fraction of sp³-hybridized carbons (Fsp3) is 0.533. The Bertz CT molecular complexity index is 493. The Morgan fingerprint density at radius 1 is 1.40 bits per heavy atom. The van der Waals surface area contributed by atoms with Gasteiger partial charge in [-0.15, -0.1) is 0 Å². The molecule has 0 bridgehead atoms. The lowest BCUT2D eigenvalue weighted by Crippen LogP contribution is -2.49. The number of aliphatic hydroxyl groups excluding tert-OH is 1. The largest absolute Gasteiger partial charge is 0.395 e. The van der Waals surface area contributed by atoms with Crippen LogP contribution in [0, 0.1) is 11.6 Å². The average molecular weight is 283 g/mol. The summed E-state index contributed by atoms with van der Waals surface area (Å²) in [4.78, 5) is 14.3. The summed E-state index contributed by atoms with van der Waals surface area (Å²) in [5.41, 5.74) is 0.165. The minimum atomic E-state index is -1.01. The van der Waals surface area contributed by atoms with Crippen molar-refractivity contribution in [2.45, 2.75) is 38.3 Å². The molecule has 1 saturated heterocycles. The Kier molecular flexibility index (Phi) is 4.83. The van der Waals surface area contributed by atoms with Gasteiger partial charge < -0.3 is 5.11 Å². The molecule has 0 spiro atoms. The first-order chi connectivity index (χ1) is 9.54. The molecule has 0 amide bonds. The molecular formula is C15H19F2NO2. The predicted molar refractivity (Wildman–Crippen MR) is 71.6 cm³/mol. The van der Waals surface area contributed by atoms with Crippen LogP contribution in [0.2, 0.25) is 0 Å². The van der Waals surface area contributed by atoms with Crippen LogP contribution >= 0.6 is 0 Å². The van der Waals surface area contributed by atoms with E-state index in [2.05, 4.69) is 0 Å². The van der Waals surface area contributed by atoms with Gasteiger partial charge in [-0.25, -0.2) is 8.78 Å². The SMILES string of the molecule is CC(C(=O)c1ccc(F)c(F)c1)N1CCCCC1CO. The Morgan fingerprint density at radius 2 is 2.15 bits per heavy atom. The van der Waals surface area contributed by atoms with Gasteiger partial charge in [-0.1, -0.05) is 6.42 Å². The van der Waals surface area contributed by atoms with Crippen LogP contribution in [0.3, 0.4) is 0 Å². The zero-order valence-electron chi connectivity index (χ0n) is 11.5. The van der Waals surface area contributed by atoms with E-state index in [1.54, 1.807) is 6.92 Å². The number of rotatable bonds is 4. The average Bonchev–Trinajstić information content (AvgIpc) is 2.48. The highest BCUT2D eigenvalue weighted by Crippen LogP contribution is 2.21. The van der Waals surface area contributed by atoms with Crippen molar-refractivity contribution in [1.29, 1.82) is 0 Å². The van der Waals surface area contributed by atoms with Crippen LogP contribution in [0.25, 0.3) is 0 Å². The molecule has 2 rings (SSSR count). The third-order valence-electron chi connectivity index (χ3n) is 3.96. The molecule has 1 fully saturated rings. The highest BCUT2D eigenvalue weighted by molar-refractivity contribution is 5.99. The van der Waals surface area contributed by atoms with Crippen molar-refractivity contribution in [2.75, 3.05) is 13.2 Å². The van der Waals surface area contributed by atoms with E-state index >= 15 is 0 Å². The first-order valence-corrected chi connectivity index (χ1v) is 6.90. The number of hydrogen-bond acceptors (Lipinski definition) is 3. The molecule has 20 heavy (non-hydrogen) atoms. The number of likely N-dealkylation sites (tertiary alicyclic amines) is 1. The van der Waals surface area contributed by atoms with Gasteiger partial charge in [-0.05, 0) is 44.5 Å². The normalized spacial score (nSPS) is 21.7. The standard InChI is InChI=1S/C15H19F2NO2/c1-10(18-7-3-2-4-12(18)9-19)15(20)11-5-6-13(16)14(17)8-11/h5-6,8,10,12,19H,2-4,7,9H2,1H3. The van der Waals surface area contributed by atoms with Gasteiger partial charge in [0.15, 0.2) is 17.4 Å². The number of benzene rings is 1. The molecular weight excluding hydrogens is 264 g/mol. The van der Waals surface area contributed by atoms with E-state index in [9.17, 15) is 18.7 Å². The molecule has 1 aliphatic heterocycles. The molecule has 5 heteroatoms. The van der Waals surface area contributed by atoms with Crippen LogP contribution < -0.4 is 0 Å². The van der Waals surface area contributed by atoms with Crippen molar-refractivity contribution in [3.05, 3.63) is 35.4 Å². The number of carbonyl (C=O) groups is 1. The van der Waals surface area contributed by atoms with E-state index in [1.807, 2.05) is 4.90 Å². The van der Waals surface area contributed by atoms with Crippen LogP contribution in [0.4, 0.5) is 8.78 Å². The van der Waals surface area contributed by atoms with E-state index in [1.165, 1.54) is 6.07 Å². The first-order valence-electron chi connectivity index (χ1n) is 6.90. The summed E-state index contributed by atoms with van der Waals surface area (Å²) in [6, 6.07) is 2.72. The summed E-state index contributed by atoms with van der Waals surface area (Å²) in [6.07, 6.45) is 2.87. The highest BCUT2D eigenvalue weighted by Gasteiger charge is 2.30. The molecule has 1 aromatic rings. The van der Waals surface area contributed by atoms with E-state index < -0.39 is 17.7 Å². The van der Waals surface area contributed by atoms with Crippen LogP contribution in [-0.4, -0.2) is 41.0 Å². The van der Waals surface area contributed by atoms with Gasteiger partial charge in [0.25, 0.3) is 0 Å². The number of carbonyl (C=O) groups excluding carboxylic acids is 1. The third kappa shape index (κ3) is 3.04. The van der Waals surface area contributed by atoms with Crippen LogP contribution in [0.1, 0.15) is 36.5 Å². The third-order valence-corrected chi connectivity index (χ3v) is 3.96. The maximum absolute atomic E-state index is 13.2. The van der Waals surface area contributed by atoms with Gasteiger partial charge in [0.1, 0.15) is 0 Å². The van der Waals surface area contributed by atoms with E-state index in [4.69, 9.17) is 0 Å². The molecule has 110 valence electrons. The van der Waals surface area contributed by atoms with Crippen molar-refractivity contribution in [3.63, 3.8) is 0 Å². The summed E-state index contributed by atoms with van der Waals surface area (Å²) in [5, 5.41) is 9.38. The van der Waals surface area contributed by atoms with Gasteiger partial charge in [0.2, 0.25) is 0 Å². The number of piperidine rings is 1. The van der Waals surface area contributed by atoms with Crippen LogP contribution in [0.5, 0.6) is 0 Å². The number of nitrogens with zero attached hydrogens (tertiary/aromatic N) is 1. The molecule has 2 atom stereocenters. The molecule has 0 aromatic heterocycles. The predicted octanol–water partition coefficient (Wildman–Crippen LogP) is 2.38. The van der Waals surface area contributed by atoms with E-state index in [0.29, 0.717) is 0 Å². The summed E-state index contributed by atoms with van der Waals surface area (Å²) in [6.45, 7) is 2.49. The number of hydrogen-bond donors (Lipinski definition) is 1. The topological polar surface area (TPSA) is 40.5 Å². The number of ketones is 1. The van der Waals surface area contributed by atoms with Crippen molar-refractivity contribution in [2.24, 2.45) is 0 Å². The number of aliphatic hydroxyl groups is 1. The minimum absolute atomic E-state index is 0.00932. The summed E-state index contributed by atoms with van der Waals surface area (Å²) >= 11 is 0. The second kappa shape index (κ2) is 6.41. The fourth-order valence-corrected chi connectivity index (χ4v) is 2.77. The Balaban J connectivity index is 2.16. The molecule has 2 unspecified atom stereocenters. The Labute approximate surface area is 117 Å². The summed E-state index contributed by atoms with van der Waals surface area (Å²) in [7, 11) is 0. The van der Waals surface area contributed by atoms with Crippen LogP contribution in [0.15, 0.2) is 18.2 Å². The second-order valence-corrected chi connectivity index (χ2v) is 5.24. The van der Waals surface area contributed by atoms with Crippen molar-refractivity contribution >= 4 is 5.78 Å². The van der Waals surface area contributed by atoms with Gasteiger partial charge in [-0.2, -0.15) is 0 Å². The van der Waals surface area contributed by atoms with Crippen molar-refractivity contribution in [1.82, 2.24) is 4.90 Å². The quantitative estimate of drug-likeness (QED) is 0.863. The molecule has 0 radical (unpaired) electrons. The van der Waals surface area contributed by atoms with Gasteiger partial charge in [0.05, 0.1) is 12.6 Å². The molecule has 0 aliphatic carbocycles. The van der Waals surface area contributed by atoms with Crippen molar-refractivity contribution < 1.29 is 18.7 Å². The van der Waals surface area contributed by atoms with Gasteiger partial charge in [0, 0.05) is 11.6 Å². The lowest BCUT2D eigenvalue weighted by Gasteiger charge is -2.38. The fourth-order valence-electron chi connectivity index (χ4n) is 2.77. The first kappa shape index (κ1) is 15.1. The summed E-state index contributed by atoms with van der Waals surface area (Å²) < 4.78 is 26.1. The lowest BCUT2D eigenvalue weighted by molar-refractivity contribution is 0.0490. The number of halogens is 2. The molecule has 1 aliphatic rings. The Hall–Kier alpha value is -1.33. The monoisotopic (exact) mass is 283 g/mol. The Morgan fingerprint density at radius 3 is 2.80 bits per heavy atom. The maximum atomic E-state index is 13.2. The molecule has 1 heterocycles. The second-order valence-electron chi connectivity index (χ2n) is 5.24. The maximum Gasteiger partial charge on any atom is 0.179 e. The smallest absolute Gasteiger partial charge is 0.179 e. The minimum Gasteiger partial charge on any atom is -0.395 e. The van der Waals surface area contributed by atoms with Crippen LogP contribution in [-0.2, 0) is 0 Å². The van der Waals surface area contributed by atoms with E-state index in [0.717, 1.165) is 37.9 Å². The van der Waals surface area contributed by atoms with E-state index in [-0.39, 0.29) is 24.0 Å². The molecule has 3 nitrogen and oxygen atoms in total. The number of Topliss-reactive ketones (excluding diaryl/α,β-unsaturated/α-hetero) is 1. The molecule has 0 saturated carbocycles. The zero-order chi connectivity index (χ0) is 14.7.